The molecule has 0 saturated carbocycles. The first-order valence-corrected chi connectivity index (χ1v) is 6.59. The minimum atomic E-state index is 0.0161. The first-order chi connectivity index (χ1) is 8.58. The van der Waals surface area contributed by atoms with E-state index in [0.29, 0.717) is 17.5 Å². The van der Waals surface area contributed by atoms with E-state index in [-0.39, 0.29) is 6.61 Å². The summed E-state index contributed by atoms with van der Waals surface area (Å²) in [4.78, 5) is 2.22. The Labute approximate surface area is 114 Å². The Morgan fingerprint density at radius 3 is 2.61 bits per heavy atom. The molecule has 18 heavy (non-hydrogen) atoms. The number of hydrogen-bond donors (Lipinski definition) is 1. The van der Waals surface area contributed by atoms with Crippen LogP contribution in [-0.4, -0.2) is 31.9 Å². The Hall–Kier alpha value is -0.770. The van der Waals surface area contributed by atoms with Gasteiger partial charge in [0.15, 0.2) is 0 Å². The topological polar surface area (TPSA) is 32.7 Å². The predicted octanol–water partition coefficient (Wildman–Crippen LogP) is 2.94. The fourth-order valence-corrected chi connectivity index (χ4v) is 2.18. The van der Waals surface area contributed by atoms with Crippen LogP contribution in [-0.2, 0) is 11.3 Å². The van der Waals surface area contributed by atoms with Crippen molar-refractivity contribution >= 4 is 17.3 Å². The first kappa shape index (κ1) is 15.3. The summed E-state index contributed by atoms with van der Waals surface area (Å²) in [6.07, 6.45) is 0. The van der Waals surface area contributed by atoms with E-state index >= 15 is 0 Å². The molecule has 102 valence electrons. The molecule has 0 radical (unpaired) electrons. The third-order valence-corrected chi connectivity index (χ3v) is 2.99. The molecule has 1 aromatic rings. The molecule has 0 aliphatic heterocycles. The van der Waals surface area contributed by atoms with E-state index in [0.717, 1.165) is 24.3 Å². The van der Waals surface area contributed by atoms with Crippen molar-refractivity contribution in [3.8, 4) is 0 Å². The van der Waals surface area contributed by atoms with Crippen LogP contribution in [0.4, 0.5) is 5.69 Å². The normalized spacial score (nSPS) is 11.0. The van der Waals surface area contributed by atoms with Crippen LogP contribution >= 0.6 is 11.6 Å². The van der Waals surface area contributed by atoms with E-state index in [1.807, 2.05) is 18.2 Å². The van der Waals surface area contributed by atoms with Gasteiger partial charge in [0.1, 0.15) is 0 Å². The van der Waals surface area contributed by atoms with E-state index in [9.17, 15) is 0 Å². The number of benzene rings is 1. The lowest BCUT2D eigenvalue weighted by Crippen LogP contribution is -2.31. The highest BCUT2D eigenvalue weighted by atomic mass is 35.5. The molecule has 0 aliphatic rings. The maximum atomic E-state index is 9.09. The standard InChI is InChI=1S/C14H22ClNO2/c1-11(2)9-16(6-7-18-3)14-5-4-12(10-17)8-13(14)15/h4-5,8,11,17H,6-7,9-10H2,1-3H3. The molecule has 0 atom stereocenters. The lowest BCUT2D eigenvalue weighted by atomic mass is 10.1. The minimum absolute atomic E-state index is 0.0161. The molecule has 1 N–H and O–H groups in total. The molecule has 0 aromatic heterocycles. The Morgan fingerprint density at radius 1 is 1.39 bits per heavy atom. The number of anilines is 1. The number of aliphatic hydroxyl groups excluding tert-OH is 1. The van der Waals surface area contributed by atoms with Gasteiger partial charge in [-0.2, -0.15) is 0 Å². The largest absolute Gasteiger partial charge is 0.392 e. The summed E-state index contributed by atoms with van der Waals surface area (Å²) in [5.41, 5.74) is 1.83. The van der Waals surface area contributed by atoms with Gasteiger partial charge in [-0.05, 0) is 23.6 Å². The van der Waals surface area contributed by atoms with Crippen molar-refractivity contribution < 1.29 is 9.84 Å². The molecule has 1 aromatic carbocycles. The lowest BCUT2D eigenvalue weighted by molar-refractivity contribution is 0.204. The van der Waals surface area contributed by atoms with Crippen molar-refractivity contribution in [1.82, 2.24) is 0 Å². The van der Waals surface area contributed by atoms with Crippen molar-refractivity contribution in [3.05, 3.63) is 28.8 Å². The highest BCUT2D eigenvalue weighted by Gasteiger charge is 2.12. The Balaban J connectivity index is 2.89. The van der Waals surface area contributed by atoms with Crippen molar-refractivity contribution in [2.24, 2.45) is 5.92 Å². The zero-order valence-electron chi connectivity index (χ0n) is 11.3. The minimum Gasteiger partial charge on any atom is -0.392 e. The van der Waals surface area contributed by atoms with Crippen LogP contribution in [0.3, 0.4) is 0 Å². The second-order valence-electron chi connectivity index (χ2n) is 4.78. The fourth-order valence-electron chi connectivity index (χ4n) is 1.86. The zero-order valence-corrected chi connectivity index (χ0v) is 12.1. The molecule has 0 amide bonds. The molecule has 0 unspecified atom stereocenters. The smallest absolute Gasteiger partial charge is 0.0682 e. The Morgan fingerprint density at radius 2 is 2.11 bits per heavy atom. The number of aliphatic hydroxyl groups is 1. The van der Waals surface area contributed by atoms with Crippen LogP contribution < -0.4 is 4.90 Å². The maximum absolute atomic E-state index is 9.09. The highest BCUT2D eigenvalue weighted by Crippen LogP contribution is 2.27. The molecule has 0 aliphatic carbocycles. The summed E-state index contributed by atoms with van der Waals surface area (Å²) in [5.74, 6) is 0.551. The summed E-state index contributed by atoms with van der Waals surface area (Å²) < 4.78 is 5.14. The predicted molar refractivity (Wildman–Crippen MR) is 76.3 cm³/mol. The zero-order chi connectivity index (χ0) is 13.5. The SMILES string of the molecule is COCCN(CC(C)C)c1ccc(CO)cc1Cl. The molecule has 3 nitrogen and oxygen atoms in total. The van der Waals surface area contributed by atoms with E-state index in [1.165, 1.54) is 0 Å². The number of halogens is 1. The quantitative estimate of drug-likeness (QED) is 0.828. The summed E-state index contributed by atoms with van der Waals surface area (Å²) in [7, 11) is 1.70. The fraction of sp³-hybridized carbons (Fsp3) is 0.571. The van der Waals surface area contributed by atoms with Gasteiger partial charge in [-0.15, -0.1) is 0 Å². The van der Waals surface area contributed by atoms with E-state index in [2.05, 4.69) is 18.7 Å². The Bertz CT molecular complexity index is 369. The Kier molecular flexibility index (Phi) is 6.47. The van der Waals surface area contributed by atoms with Gasteiger partial charge in [0, 0.05) is 20.2 Å². The number of rotatable bonds is 7. The molecule has 1 rings (SSSR count). The van der Waals surface area contributed by atoms with Gasteiger partial charge in [0.2, 0.25) is 0 Å². The van der Waals surface area contributed by atoms with Crippen LogP contribution in [0.25, 0.3) is 0 Å². The second-order valence-corrected chi connectivity index (χ2v) is 5.18. The van der Waals surface area contributed by atoms with Crippen molar-refractivity contribution in [2.75, 3.05) is 31.7 Å². The van der Waals surface area contributed by atoms with Crippen LogP contribution in [0.1, 0.15) is 19.4 Å². The number of ether oxygens (including phenoxy) is 1. The summed E-state index contributed by atoms with van der Waals surface area (Å²) in [5, 5.41) is 9.77. The molecule has 0 saturated heterocycles. The summed E-state index contributed by atoms with van der Waals surface area (Å²) in [6.45, 7) is 6.78. The van der Waals surface area contributed by atoms with Crippen molar-refractivity contribution in [2.45, 2.75) is 20.5 Å². The summed E-state index contributed by atoms with van der Waals surface area (Å²) in [6, 6.07) is 5.68. The first-order valence-electron chi connectivity index (χ1n) is 6.21. The van der Waals surface area contributed by atoms with Gasteiger partial charge < -0.3 is 14.7 Å². The van der Waals surface area contributed by atoms with E-state index < -0.39 is 0 Å². The maximum Gasteiger partial charge on any atom is 0.0682 e. The van der Waals surface area contributed by atoms with Gasteiger partial charge in [-0.3, -0.25) is 0 Å². The van der Waals surface area contributed by atoms with Crippen LogP contribution in [0.2, 0.25) is 5.02 Å². The highest BCUT2D eigenvalue weighted by molar-refractivity contribution is 6.33. The van der Waals surface area contributed by atoms with Crippen molar-refractivity contribution in [1.29, 1.82) is 0 Å². The third-order valence-electron chi connectivity index (χ3n) is 2.69. The molecule has 4 heteroatoms. The number of nitrogens with zero attached hydrogens (tertiary/aromatic N) is 1. The van der Waals surface area contributed by atoms with Gasteiger partial charge in [0.05, 0.1) is 23.9 Å². The van der Waals surface area contributed by atoms with Gasteiger partial charge >= 0.3 is 0 Å². The second kappa shape index (κ2) is 7.62. The lowest BCUT2D eigenvalue weighted by Gasteiger charge is -2.27. The number of hydrogen-bond acceptors (Lipinski definition) is 3. The van der Waals surface area contributed by atoms with Gasteiger partial charge in [0.25, 0.3) is 0 Å². The molecule has 0 heterocycles. The van der Waals surface area contributed by atoms with Crippen LogP contribution in [0.5, 0.6) is 0 Å². The third kappa shape index (κ3) is 4.48. The van der Waals surface area contributed by atoms with Gasteiger partial charge in [-0.25, -0.2) is 0 Å². The van der Waals surface area contributed by atoms with Crippen LogP contribution in [0.15, 0.2) is 18.2 Å². The molecule has 0 spiro atoms. The molecular formula is C14H22ClNO2. The molecule has 0 bridgehead atoms. The summed E-state index contributed by atoms with van der Waals surface area (Å²) >= 11 is 6.27. The van der Waals surface area contributed by atoms with Crippen LogP contribution in [0, 0.1) is 5.92 Å². The molecular weight excluding hydrogens is 250 g/mol. The molecule has 0 fully saturated rings. The number of methoxy groups -OCH3 is 1. The average Bonchev–Trinajstić information content (AvgIpc) is 2.34. The van der Waals surface area contributed by atoms with Gasteiger partial charge in [-0.1, -0.05) is 31.5 Å². The van der Waals surface area contributed by atoms with E-state index in [1.54, 1.807) is 7.11 Å². The monoisotopic (exact) mass is 271 g/mol. The van der Waals surface area contributed by atoms with E-state index in [4.69, 9.17) is 21.4 Å². The average molecular weight is 272 g/mol. The van der Waals surface area contributed by atoms with Crippen molar-refractivity contribution in [3.63, 3.8) is 0 Å².